The monoisotopic (exact) mass is 390 g/mol. The molecule has 0 fully saturated rings. The summed E-state index contributed by atoms with van der Waals surface area (Å²) in [6.07, 6.45) is 8.00. The van der Waals surface area contributed by atoms with Crippen molar-refractivity contribution in [3.05, 3.63) is 46.5 Å². The van der Waals surface area contributed by atoms with Crippen LogP contribution in [0, 0.1) is 5.92 Å². The molecule has 148 valence electrons. The SMILES string of the molecule is CC(C)C(=O)N(Cc1ccc(Cl)cc1)[C@@H](C)C(=O)NCCC1=CCCCC1. The molecule has 5 heteroatoms. The van der Waals surface area contributed by atoms with Crippen LogP contribution in [0.5, 0.6) is 0 Å². The number of nitrogens with one attached hydrogen (secondary N) is 1. The summed E-state index contributed by atoms with van der Waals surface area (Å²) in [6, 6.07) is 6.87. The fourth-order valence-corrected chi connectivity index (χ4v) is 3.42. The van der Waals surface area contributed by atoms with Crippen molar-refractivity contribution in [3.8, 4) is 0 Å². The van der Waals surface area contributed by atoms with Crippen LogP contribution in [0.15, 0.2) is 35.9 Å². The van der Waals surface area contributed by atoms with E-state index in [0.29, 0.717) is 18.1 Å². The van der Waals surface area contributed by atoms with Gasteiger partial charge in [0.25, 0.3) is 0 Å². The van der Waals surface area contributed by atoms with Gasteiger partial charge in [0.1, 0.15) is 6.04 Å². The quantitative estimate of drug-likeness (QED) is 0.653. The number of carbonyl (C=O) groups excluding carboxylic acids is 2. The molecular formula is C22H31ClN2O2. The maximum Gasteiger partial charge on any atom is 0.242 e. The van der Waals surface area contributed by atoms with Gasteiger partial charge in [0, 0.05) is 24.0 Å². The number of nitrogens with zero attached hydrogens (tertiary/aromatic N) is 1. The number of amides is 2. The largest absolute Gasteiger partial charge is 0.354 e. The third-order valence-corrected chi connectivity index (χ3v) is 5.27. The Balaban J connectivity index is 1.97. The second-order valence-corrected chi connectivity index (χ2v) is 8.01. The zero-order valence-electron chi connectivity index (χ0n) is 16.6. The first-order valence-corrected chi connectivity index (χ1v) is 10.3. The van der Waals surface area contributed by atoms with Crippen molar-refractivity contribution in [2.45, 2.75) is 65.5 Å². The Kier molecular flexibility index (Phi) is 8.36. The molecule has 0 bridgehead atoms. The summed E-state index contributed by atoms with van der Waals surface area (Å²) >= 11 is 5.95. The standard InChI is InChI=1S/C22H31ClN2O2/c1-16(2)22(27)25(15-19-9-11-20(23)12-10-19)17(3)21(26)24-14-13-18-7-5-4-6-8-18/h7,9-12,16-17H,4-6,8,13-15H2,1-3H3,(H,24,26)/t17-/m0/s1. The molecule has 4 nitrogen and oxygen atoms in total. The van der Waals surface area contributed by atoms with Crippen LogP contribution in [-0.4, -0.2) is 29.3 Å². The highest BCUT2D eigenvalue weighted by atomic mass is 35.5. The van der Waals surface area contributed by atoms with Crippen molar-refractivity contribution >= 4 is 23.4 Å². The number of carbonyl (C=O) groups is 2. The summed E-state index contributed by atoms with van der Waals surface area (Å²) in [5.74, 6) is -0.295. The summed E-state index contributed by atoms with van der Waals surface area (Å²) in [5.41, 5.74) is 2.39. The number of rotatable bonds is 8. The molecule has 1 aromatic rings. The van der Waals surface area contributed by atoms with Gasteiger partial charge < -0.3 is 10.2 Å². The van der Waals surface area contributed by atoms with E-state index in [9.17, 15) is 9.59 Å². The average Bonchev–Trinajstić information content (AvgIpc) is 2.67. The fourth-order valence-electron chi connectivity index (χ4n) is 3.29. The van der Waals surface area contributed by atoms with Gasteiger partial charge in [-0.05, 0) is 56.7 Å². The van der Waals surface area contributed by atoms with E-state index in [0.717, 1.165) is 24.8 Å². The molecule has 27 heavy (non-hydrogen) atoms. The molecule has 0 radical (unpaired) electrons. The number of allylic oxidation sites excluding steroid dienone is 1. The first-order valence-electron chi connectivity index (χ1n) is 9.89. The van der Waals surface area contributed by atoms with E-state index < -0.39 is 6.04 Å². The Morgan fingerprint density at radius 1 is 1.15 bits per heavy atom. The van der Waals surface area contributed by atoms with Crippen LogP contribution in [-0.2, 0) is 16.1 Å². The highest BCUT2D eigenvalue weighted by Gasteiger charge is 2.27. The van der Waals surface area contributed by atoms with Crippen LogP contribution >= 0.6 is 11.6 Å². The minimum Gasteiger partial charge on any atom is -0.354 e. The second kappa shape index (κ2) is 10.5. The van der Waals surface area contributed by atoms with E-state index in [-0.39, 0.29) is 17.7 Å². The summed E-state index contributed by atoms with van der Waals surface area (Å²) in [5, 5.41) is 3.66. The van der Waals surface area contributed by atoms with Gasteiger partial charge in [0.15, 0.2) is 0 Å². The molecule has 0 aromatic heterocycles. The van der Waals surface area contributed by atoms with E-state index >= 15 is 0 Å². The van der Waals surface area contributed by atoms with Crippen LogP contribution in [0.4, 0.5) is 0 Å². The Bertz CT molecular complexity index is 667. The molecule has 0 saturated carbocycles. The first kappa shape index (κ1) is 21.5. The molecule has 0 unspecified atom stereocenters. The van der Waals surface area contributed by atoms with Gasteiger partial charge in [-0.3, -0.25) is 9.59 Å². The highest BCUT2D eigenvalue weighted by molar-refractivity contribution is 6.30. The lowest BCUT2D eigenvalue weighted by Gasteiger charge is -2.30. The predicted molar refractivity (Wildman–Crippen MR) is 110 cm³/mol. The zero-order valence-corrected chi connectivity index (χ0v) is 17.4. The van der Waals surface area contributed by atoms with Crippen LogP contribution < -0.4 is 5.32 Å². The van der Waals surface area contributed by atoms with E-state index in [1.807, 2.05) is 26.0 Å². The molecule has 0 saturated heterocycles. The smallest absolute Gasteiger partial charge is 0.242 e. The molecule has 0 heterocycles. The molecule has 1 atom stereocenters. The van der Waals surface area contributed by atoms with E-state index in [1.54, 1.807) is 24.0 Å². The van der Waals surface area contributed by atoms with Crippen molar-refractivity contribution in [3.63, 3.8) is 0 Å². The van der Waals surface area contributed by atoms with Gasteiger partial charge in [-0.2, -0.15) is 0 Å². The minimum atomic E-state index is -0.518. The fraction of sp³-hybridized carbons (Fsp3) is 0.545. The minimum absolute atomic E-state index is 0.0254. The van der Waals surface area contributed by atoms with Gasteiger partial charge in [-0.1, -0.05) is 49.2 Å². The lowest BCUT2D eigenvalue weighted by molar-refractivity contribution is -0.143. The summed E-state index contributed by atoms with van der Waals surface area (Å²) in [7, 11) is 0. The van der Waals surface area contributed by atoms with Gasteiger partial charge >= 0.3 is 0 Å². The van der Waals surface area contributed by atoms with Gasteiger partial charge in [-0.15, -0.1) is 0 Å². The molecule has 0 aliphatic heterocycles. The molecule has 2 rings (SSSR count). The van der Waals surface area contributed by atoms with Crippen LogP contribution in [0.2, 0.25) is 5.02 Å². The van der Waals surface area contributed by atoms with Crippen LogP contribution in [0.1, 0.15) is 58.4 Å². The van der Waals surface area contributed by atoms with Crippen LogP contribution in [0.3, 0.4) is 0 Å². The molecule has 2 amide bonds. The van der Waals surface area contributed by atoms with E-state index in [1.165, 1.54) is 18.4 Å². The zero-order chi connectivity index (χ0) is 19.8. The second-order valence-electron chi connectivity index (χ2n) is 7.57. The van der Waals surface area contributed by atoms with Crippen molar-refractivity contribution in [2.75, 3.05) is 6.54 Å². The van der Waals surface area contributed by atoms with Gasteiger partial charge in [-0.25, -0.2) is 0 Å². The third kappa shape index (κ3) is 6.69. The summed E-state index contributed by atoms with van der Waals surface area (Å²) < 4.78 is 0. The molecule has 0 spiro atoms. The van der Waals surface area contributed by atoms with Gasteiger partial charge in [0.2, 0.25) is 11.8 Å². The predicted octanol–water partition coefficient (Wildman–Crippen LogP) is 4.72. The number of hydrogen-bond acceptors (Lipinski definition) is 2. The van der Waals surface area contributed by atoms with Crippen molar-refractivity contribution in [2.24, 2.45) is 5.92 Å². The van der Waals surface area contributed by atoms with Gasteiger partial charge in [0.05, 0.1) is 0 Å². The van der Waals surface area contributed by atoms with Crippen molar-refractivity contribution < 1.29 is 9.59 Å². The maximum absolute atomic E-state index is 12.7. The van der Waals surface area contributed by atoms with Crippen molar-refractivity contribution in [1.82, 2.24) is 10.2 Å². The Labute approximate surface area is 168 Å². The normalized spacial score (nSPS) is 15.2. The molecular weight excluding hydrogens is 360 g/mol. The first-order chi connectivity index (χ1) is 12.9. The Morgan fingerprint density at radius 2 is 1.85 bits per heavy atom. The Hall–Kier alpha value is -1.81. The maximum atomic E-state index is 12.7. The topological polar surface area (TPSA) is 49.4 Å². The number of benzene rings is 1. The van der Waals surface area contributed by atoms with E-state index in [4.69, 9.17) is 11.6 Å². The lowest BCUT2D eigenvalue weighted by Crippen LogP contribution is -2.49. The molecule has 1 aromatic carbocycles. The van der Waals surface area contributed by atoms with Crippen LogP contribution in [0.25, 0.3) is 0 Å². The summed E-state index contributed by atoms with van der Waals surface area (Å²) in [6.45, 7) is 6.54. The third-order valence-electron chi connectivity index (χ3n) is 5.02. The lowest BCUT2D eigenvalue weighted by atomic mass is 9.97. The number of halogens is 1. The molecule has 1 aliphatic rings. The highest BCUT2D eigenvalue weighted by Crippen LogP contribution is 2.19. The van der Waals surface area contributed by atoms with E-state index in [2.05, 4.69) is 11.4 Å². The molecule has 1 N–H and O–H groups in total. The Morgan fingerprint density at radius 3 is 2.44 bits per heavy atom. The molecule has 1 aliphatic carbocycles. The number of hydrogen-bond donors (Lipinski definition) is 1. The summed E-state index contributed by atoms with van der Waals surface area (Å²) in [4.78, 5) is 27.0. The average molecular weight is 391 g/mol. The van der Waals surface area contributed by atoms with Crippen molar-refractivity contribution in [1.29, 1.82) is 0 Å².